The molecule has 4 unspecified atom stereocenters. The Morgan fingerprint density at radius 1 is 0.804 bits per heavy atom. The van der Waals surface area contributed by atoms with Crippen LogP contribution < -0.4 is 20.4 Å². The number of hydrogen-bond donors (Lipinski definition) is 3. The Hall–Kier alpha value is -4.86. The van der Waals surface area contributed by atoms with Crippen molar-refractivity contribution in [2.24, 2.45) is 5.92 Å². The van der Waals surface area contributed by atoms with Crippen LogP contribution >= 0.6 is 0 Å². The number of carbonyl (C=O) groups excluding carboxylic acids is 2. The van der Waals surface area contributed by atoms with E-state index in [-0.39, 0.29) is 34.9 Å². The number of halogens is 3. The Labute approximate surface area is 294 Å². The van der Waals surface area contributed by atoms with Gasteiger partial charge in [-0.3, -0.25) is 9.59 Å². The number of rotatable bonds is 8. The second kappa shape index (κ2) is 16.0. The van der Waals surface area contributed by atoms with Crippen LogP contribution in [0, 0.1) is 5.92 Å². The molecule has 6 rings (SSSR count). The predicted molar refractivity (Wildman–Crippen MR) is 184 cm³/mol. The molecule has 1 aromatic carbocycles. The van der Waals surface area contributed by atoms with Gasteiger partial charge < -0.3 is 30.4 Å². The number of nitrogens with one attached hydrogen (secondary N) is 2. The summed E-state index contributed by atoms with van der Waals surface area (Å²) in [6.07, 6.45) is -1.17. The van der Waals surface area contributed by atoms with Gasteiger partial charge in [0.15, 0.2) is 23.0 Å². The number of aromatic carboxylic acids is 1. The van der Waals surface area contributed by atoms with Gasteiger partial charge in [0, 0.05) is 56.9 Å². The van der Waals surface area contributed by atoms with E-state index in [4.69, 9.17) is 5.11 Å². The first-order valence-corrected chi connectivity index (χ1v) is 17.1. The lowest BCUT2D eigenvalue weighted by Gasteiger charge is -2.45. The monoisotopic (exact) mass is 711 g/mol. The van der Waals surface area contributed by atoms with E-state index < -0.39 is 23.6 Å². The third kappa shape index (κ3) is 9.68. The van der Waals surface area contributed by atoms with Crippen LogP contribution in [0.3, 0.4) is 0 Å². The molecule has 3 aromatic rings. The standard InChI is InChI=1S/C24H28F3N5O2.C11H16N4O2/c1-15-13-31(21-10-9-20(29-30-21)22(33)28-12-11-17-7-8-17)14-16(2)32(15)23(34)18-5-3-4-6-19(18)24(25,26)27;1-7-5-15(6-8(2)12-7)10-4-3-9(11(16)17)13-14-10/h3-6,9-10,15-17H,7-8,11-14H2,1-2H3,(H,28,33);3-4,7-8,12H,5-6H2,1-2H3,(H,16,17). The van der Waals surface area contributed by atoms with Crippen molar-refractivity contribution >= 4 is 29.4 Å². The average Bonchev–Trinajstić information content (AvgIpc) is 3.92. The molecule has 4 atom stereocenters. The molecule has 3 N–H and O–H groups in total. The number of hydrogen-bond acceptors (Lipinski definition) is 10. The van der Waals surface area contributed by atoms with Crippen molar-refractivity contribution in [2.45, 2.75) is 77.3 Å². The molecule has 0 radical (unpaired) electrons. The highest BCUT2D eigenvalue weighted by molar-refractivity contribution is 5.96. The highest BCUT2D eigenvalue weighted by Crippen LogP contribution is 2.34. The molecular weight excluding hydrogens is 667 g/mol. The van der Waals surface area contributed by atoms with Crippen LogP contribution in [0.4, 0.5) is 24.8 Å². The van der Waals surface area contributed by atoms with Gasteiger partial charge in [0.1, 0.15) is 0 Å². The highest BCUT2D eigenvalue weighted by atomic mass is 19.4. The lowest BCUT2D eigenvalue weighted by Crippen LogP contribution is -2.59. The minimum atomic E-state index is -4.61. The molecule has 3 fully saturated rings. The van der Waals surface area contributed by atoms with Crippen molar-refractivity contribution in [3.63, 3.8) is 0 Å². The zero-order valence-electron chi connectivity index (χ0n) is 29.1. The number of anilines is 2. The Morgan fingerprint density at radius 2 is 1.35 bits per heavy atom. The summed E-state index contributed by atoms with van der Waals surface area (Å²) in [7, 11) is 0. The van der Waals surface area contributed by atoms with Crippen molar-refractivity contribution in [1.82, 2.24) is 35.9 Å². The zero-order valence-corrected chi connectivity index (χ0v) is 29.1. The van der Waals surface area contributed by atoms with Gasteiger partial charge in [-0.05, 0) is 76.4 Å². The van der Waals surface area contributed by atoms with Crippen molar-refractivity contribution in [2.75, 3.05) is 42.5 Å². The molecule has 2 saturated heterocycles. The fourth-order valence-electron chi connectivity index (χ4n) is 6.59. The van der Waals surface area contributed by atoms with Gasteiger partial charge in [-0.2, -0.15) is 13.2 Å². The molecule has 1 saturated carbocycles. The Balaban J connectivity index is 0.000000248. The number of nitrogens with zero attached hydrogens (tertiary/aromatic N) is 7. The second-order valence-corrected chi connectivity index (χ2v) is 13.6. The van der Waals surface area contributed by atoms with Crippen molar-refractivity contribution in [1.29, 1.82) is 0 Å². The molecule has 2 amide bonds. The summed E-state index contributed by atoms with van der Waals surface area (Å²) in [4.78, 5) is 41.6. The summed E-state index contributed by atoms with van der Waals surface area (Å²) in [6, 6.07) is 11.4. The van der Waals surface area contributed by atoms with E-state index in [1.807, 2.05) is 4.90 Å². The summed E-state index contributed by atoms with van der Waals surface area (Å²) in [5, 5.41) is 30.9. The summed E-state index contributed by atoms with van der Waals surface area (Å²) in [5.74, 6) is 0.0552. The number of piperazine rings is 2. The maximum atomic E-state index is 13.4. The molecular formula is C35H44F3N9O4. The normalized spacial score (nSPS) is 22.1. The minimum absolute atomic E-state index is 0.0232. The Kier molecular flexibility index (Phi) is 11.7. The van der Waals surface area contributed by atoms with E-state index in [0.29, 0.717) is 37.5 Å². The molecule has 1 aliphatic carbocycles. The number of carboxylic acids is 1. The quantitative estimate of drug-likeness (QED) is 0.309. The third-order valence-electron chi connectivity index (χ3n) is 9.11. The first-order chi connectivity index (χ1) is 24.2. The SMILES string of the molecule is CC1CN(c2ccc(C(=O)NCCC3CC3)nn2)CC(C)N1C(=O)c1ccccc1C(F)(F)F.CC1CN(c2ccc(C(=O)O)nn2)CC(C)N1. The molecule has 51 heavy (non-hydrogen) atoms. The van der Waals surface area contributed by atoms with E-state index in [1.54, 1.807) is 32.0 Å². The molecule has 2 aliphatic heterocycles. The van der Waals surface area contributed by atoms with E-state index in [0.717, 1.165) is 37.3 Å². The van der Waals surface area contributed by atoms with Gasteiger partial charge in [0.2, 0.25) is 0 Å². The predicted octanol–water partition coefficient (Wildman–Crippen LogP) is 4.13. The van der Waals surface area contributed by atoms with E-state index >= 15 is 0 Å². The molecule has 2 aromatic heterocycles. The van der Waals surface area contributed by atoms with Crippen molar-refractivity contribution in [3.8, 4) is 0 Å². The fourth-order valence-corrected chi connectivity index (χ4v) is 6.59. The van der Waals surface area contributed by atoms with Gasteiger partial charge in [-0.25, -0.2) is 4.79 Å². The van der Waals surface area contributed by atoms with Gasteiger partial charge in [0.05, 0.1) is 11.1 Å². The molecule has 0 spiro atoms. The van der Waals surface area contributed by atoms with Gasteiger partial charge in [-0.15, -0.1) is 20.4 Å². The fraction of sp³-hybridized carbons (Fsp3) is 0.514. The molecule has 274 valence electrons. The molecule has 16 heteroatoms. The number of benzene rings is 1. The lowest BCUT2D eigenvalue weighted by atomic mass is 10.0. The second-order valence-electron chi connectivity index (χ2n) is 13.6. The van der Waals surface area contributed by atoms with Crippen LogP contribution in [-0.4, -0.2) is 105 Å². The summed E-state index contributed by atoms with van der Waals surface area (Å²) < 4.78 is 40.3. The molecule has 3 aliphatic rings. The van der Waals surface area contributed by atoms with Crippen LogP contribution in [0.5, 0.6) is 0 Å². The van der Waals surface area contributed by atoms with Crippen LogP contribution in [0.25, 0.3) is 0 Å². The number of aromatic nitrogens is 4. The van der Waals surface area contributed by atoms with E-state index in [2.05, 4.69) is 49.8 Å². The van der Waals surface area contributed by atoms with E-state index in [9.17, 15) is 27.6 Å². The number of carbonyl (C=O) groups is 3. The minimum Gasteiger partial charge on any atom is -0.476 e. The summed E-state index contributed by atoms with van der Waals surface area (Å²) in [5.41, 5.74) is -1.07. The van der Waals surface area contributed by atoms with Gasteiger partial charge in [0.25, 0.3) is 11.8 Å². The highest BCUT2D eigenvalue weighted by Gasteiger charge is 2.39. The van der Waals surface area contributed by atoms with Crippen LogP contribution in [0.1, 0.15) is 83.9 Å². The van der Waals surface area contributed by atoms with Crippen molar-refractivity contribution < 1.29 is 32.7 Å². The largest absolute Gasteiger partial charge is 0.476 e. The van der Waals surface area contributed by atoms with Crippen LogP contribution in [-0.2, 0) is 6.18 Å². The maximum absolute atomic E-state index is 13.4. The smallest absolute Gasteiger partial charge is 0.417 e. The first kappa shape index (κ1) is 37.4. The maximum Gasteiger partial charge on any atom is 0.417 e. The summed E-state index contributed by atoms with van der Waals surface area (Å²) in [6.45, 7) is 10.9. The van der Waals surface area contributed by atoms with Crippen molar-refractivity contribution in [3.05, 3.63) is 71.0 Å². The Morgan fingerprint density at radius 3 is 1.86 bits per heavy atom. The molecule has 0 bridgehead atoms. The van der Waals surface area contributed by atoms with E-state index in [1.165, 1.54) is 42.0 Å². The lowest BCUT2D eigenvalue weighted by molar-refractivity contribution is -0.138. The number of carboxylic acid groups (broad SMARTS) is 1. The topological polar surface area (TPSA) is 157 Å². The Bertz CT molecular complexity index is 1650. The third-order valence-corrected chi connectivity index (χ3v) is 9.11. The number of alkyl halides is 3. The summed E-state index contributed by atoms with van der Waals surface area (Å²) >= 11 is 0. The average molecular weight is 712 g/mol. The van der Waals surface area contributed by atoms with Crippen LogP contribution in [0.2, 0.25) is 0 Å². The first-order valence-electron chi connectivity index (χ1n) is 17.1. The molecule has 4 heterocycles. The van der Waals surface area contributed by atoms with Gasteiger partial charge in [-0.1, -0.05) is 25.0 Å². The van der Waals surface area contributed by atoms with Crippen LogP contribution in [0.15, 0.2) is 48.5 Å². The number of amides is 2. The van der Waals surface area contributed by atoms with Gasteiger partial charge >= 0.3 is 12.1 Å². The zero-order chi connectivity index (χ0) is 36.9. The molecule has 13 nitrogen and oxygen atoms in total.